The molecule has 2 atom stereocenters. The number of rotatable bonds is 13. The molecule has 0 bridgehead atoms. The lowest BCUT2D eigenvalue weighted by Crippen LogP contribution is -2.36. The van der Waals surface area contributed by atoms with Crippen molar-refractivity contribution >= 4 is 29.3 Å². The quantitative estimate of drug-likeness (QED) is 0.124. The van der Waals surface area contributed by atoms with Crippen LogP contribution in [0.4, 0.5) is 0 Å². The van der Waals surface area contributed by atoms with Crippen molar-refractivity contribution < 1.29 is 24.2 Å². The van der Waals surface area contributed by atoms with Crippen molar-refractivity contribution in [1.82, 2.24) is 4.98 Å². The number of halogens is 1. The molecule has 8 heteroatoms. The van der Waals surface area contributed by atoms with Gasteiger partial charge in [0.15, 0.2) is 0 Å². The molecule has 1 aliphatic heterocycles. The third-order valence-corrected chi connectivity index (χ3v) is 8.21. The number of hydrogen-bond acceptors (Lipinski definition) is 6. The molecule has 7 nitrogen and oxygen atoms in total. The maximum absolute atomic E-state index is 14.0. The minimum Gasteiger partial charge on any atom is -0.481 e. The zero-order valence-electron chi connectivity index (χ0n) is 25.0. The Hall–Kier alpha value is -4.59. The highest BCUT2D eigenvalue weighted by molar-refractivity contribution is 6.30. The van der Waals surface area contributed by atoms with Gasteiger partial charge in [0.1, 0.15) is 5.92 Å². The van der Waals surface area contributed by atoms with Gasteiger partial charge in [0.05, 0.1) is 31.1 Å². The summed E-state index contributed by atoms with van der Waals surface area (Å²) < 4.78 is 12.0. The molecule has 1 aliphatic rings. The average Bonchev–Trinajstić information content (AvgIpc) is 3.05. The lowest BCUT2D eigenvalue weighted by molar-refractivity contribution is -0.141. The highest BCUT2D eigenvalue weighted by Gasteiger charge is 2.42. The van der Waals surface area contributed by atoms with Gasteiger partial charge in [-0.1, -0.05) is 84.4 Å². The smallest absolute Gasteiger partial charge is 0.336 e. The number of carboxylic acids is 1. The fraction of sp³-hybridized carbons (Fsp3) is 0.243. The number of aliphatic imine (C=N–C) groups is 1. The van der Waals surface area contributed by atoms with Crippen LogP contribution < -0.4 is 0 Å². The van der Waals surface area contributed by atoms with Gasteiger partial charge in [-0.2, -0.15) is 0 Å². The molecule has 0 spiro atoms. The van der Waals surface area contributed by atoms with Gasteiger partial charge >= 0.3 is 11.9 Å². The first-order chi connectivity index (χ1) is 21.9. The van der Waals surface area contributed by atoms with E-state index in [1.165, 1.54) is 0 Å². The van der Waals surface area contributed by atoms with Gasteiger partial charge in [0.2, 0.25) is 0 Å². The summed E-state index contributed by atoms with van der Waals surface area (Å²) >= 11 is 6.35. The number of pyridine rings is 1. The Morgan fingerprint density at radius 1 is 0.889 bits per heavy atom. The van der Waals surface area contributed by atoms with Crippen LogP contribution >= 0.6 is 11.6 Å². The number of ether oxygens (including phenoxy) is 2. The molecule has 0 aliphatic carbocycles. The third kappa shape index (κ3) is 8.12. The Balaban J connectivity index is 1.43. The second-order valence-electron chi connectivity index (χ2n) is 10.9. The molecule has 45 heavy (non-hydrogen) atoms. The van der Waals surface area contributed by atoms with Crippen LogP contribution in [-0.4, -0.2) is 47.6 Å². The van der Waals surface area contributed by atoms with E-state index in [9.17, 15) is 14.7 Å². The lowest BCUT2D eigenvalue weighted by atomic mass is 9.75. The van der Waals surface area contributed by atoms with Crippen molar-refractivity contribution in [3.63, 3.8) is 0 Å². The van der Waals surface area contributed by atoms with Crippen molar-refractivity contribution in [1.29, 1.82) is 0 Å². The molecule has 1 aromatic heterocycles. The molecule has 3 aromatic carbocycles. The molecule has 1 N–H and O–H groups in total. The lowest BCUT2D eigenvalue weighted by Gasteiger charge is -2.31. The summed E-state index contributed by atoms with van der Waals surface area (Å²) in [5, 5.41) is 10.7. The Bertz CT molecular complexity index is 1620. The SMILES string of the molecule is CC1=NC(COCCc2ccncc2)=C(C(=O)OCCC(c2ccccc2)c2ccccc2)C(c2cccc(Cl)c2)C1C(=O)O. The van der Waals surface area contributed by atoms with Crippen LogP contribution in [0.3, 0.4) is 0 Å². The van der Waals surface area contributed by atoms with Crippen LogP contribution in [0.5, 0.6) is 0 Å². The van der Waals surface area contributed by atoms with Gasteiger partial charge in [-0.3, -0.25) is 14.8 Å². The molecule has 0 fully saturated rings. The highest BCUT2D eigenvalue weighted by Crippen LogP contribution is 2.41. The first-order valence-electron chi connectivity index (χ1n) is 14.9. The minimum absolute atomic E-state index is 0.00675. The van der Waals surface area contributed by atoms with Gasteiger partial charge in [-0.05, 0) is 66.3 Å². The topological polar surface area (TPSA) is 98.1 Å². The van der Waals surface area contributed by atoms with Gasteiger partial charge < -0.3 is 14.6 Å². The second-order valence-corrected chi connectivity index (χ2v) is 11.4. The van der Waals surface area contributed by atoms with E-state index in [1.54, 1.807) is 43.6 Å². The molecule has 230 valence electrons. The van der Waals surface area contributed by atoms with Crippen LogP contribution in [0, 0.1) is 5.92 Å². The van der Waals surface area contributed by atoms with Crippen molar-refractivity contribution in [2.24, 2.45) is 10.9 Å². The fourth-order valence-corrected chi connectivity index (χ4v) is 6.02. The Morgan fingerprint density at radius 2 is 1.56 bits per heavy atom. The summed E-state index contributed by atoms with van der Waals surface area (Å²) in [5.74, 6) is -3.63. The van der Waals surface area contributed by atoms with E-state index in [1.807, 2.05) is 48.5 Å². The van der Waals surface area contributed by atoms with E-state index in [0.29, 0.717) is 41.4 Å². The van der Waals surface area contributed by atoms with Gasteiger partial charge in [0.25, 0.3) is 0 Å². The number of aromatic nitrogens is 1. The first kappa shape index (κ1) is 31.8. The number of aliphatic carboxylic acids is 1. The number of carboxylic acid groups (broad SMARTS) is 1. The Kier molecular flexibility index (Phi) is 10.9. The molecule has 2 heterocycles. The monoisotopic (exact) mass is 622 g/mol. The predicted molar refractivity (Wildman–Crippen MR) is 175 cm³/mol. The van der Waals surface area contributed by atoms with Crippen LogP contribution in [0.2, 0.25) is 5.02 Å². The molecule has 0 saturated heterocycles. The van der Waals surface area contributed by atoms with E-state index >= 15 is 0 Å². The van der Waals surface area contributed by atoms with Crippen LogP contribution in [0.25, 0.3) is 0 Å². The van der Waals surface area contributed by atoms with E-state index in [4.69, 9.17) is 21.1 Å². The fourth-order valence-electron chi connectivity index (χ4n) is 5.82. The average molecular weight is 623 g/mol. The van der Waals surface area contributed by atoms with Crippen molar-refractivity contribution in [3.05, 3.63) is 148 Å². The molecule has 5 rings (SSSR count). The maximum atomic E-state index is 14.0. The summed E-state index contributed by atoms with van der Waals surface area (Å²) in [5.41, 5.74) is 4.80. The third-order valence-electron chi connectivity index (χ3n) is 7.98. The summed E-state index contributed by atoms with van der Waals surface area (Å²) in [6.45, 7) is 2.19. The zero-order chi connectivity index (χ0) is 31.6. The number of carbonyl (C=O) groups is 2. The summed E-state index contributed by atoms with van der Waals surface area (Å²) in [6.07, 6.45) is 4.64. The zero-order valence-corrected chi connectivity index (χ0v) is 25.8. The largest absolute Gasteiger partial charge is 0.481 e. The normalized spacial score (nSPS) is 16.4. The Labute approximate surface area is 268 Å². The van der Waals surface area contributed by atoms with E-state index in [2.05, 4.69) is 34.2 Å². The number of carbonyl (C=O) groups excluding carboxylic acids is 1. The molecule has 0 radical (unpaired) electrons. The molecule has 4 aromatic rings. The van der Waals surface area contributed by atoms with Gasteiger partial charge in [-0.15, -0.1) is 0 Å². The number of esters is 1. The standard InChI is InChI=1S/C37H35ClN2O5/c1-25-33(36(41)42)34(29-13-8-14-30(38)23-29)35(32(40-25)24-44-21-17-26-15-19-39-20-16-26)37(43)45-22-18-31(27-9-4-2-5-10-27)28-11-6-3-7-12-28/h2-16,19-20,23,31,33-34H,17-18,21-22,24H2,1H3,(H,41,42). The summed E-state index contributed by atoms with van der Waals surface area (Å²) in [6, 6.07) is 30.9. The number of benzene rings is 3. The molecule has 0 saturated carbocycles. The predicted octanol–water partition coefficient (Wildman–Crippen LogP) is 7.27. The molecule has 2 unspecified atom stereocenters. The molecular formula is C37H35ClN2O5. The molecular weight excluding hydrogens is 588 g/mol. The summed E-state index contributed by atoms with van der Waals surface area (Å²) in [4.78, 5) is 35.3. The van der Waals surface area contributed by atoms with Gasteiger partial charge in [0, 0.05) is 35.0 Å². The van der Waals surface area contributed by atoms with E-state index in [-0.39, 0.29) is 24.7 Å². The number of nitrogens with zero attached hydrogens (tertiary/aromatic N) is 2. The van der Waals surface area contributed by atoms with E-state index < -0.39 is 23.8 Å². The minimum atomic E-state index is -1.09. The van der Waals surface area contributed by atoms with Crippen LogP contribution in [0.1, 0.15) is 47.4 Å². The van der Waals surface area contributed by atoms with Crippen LogP contribution in [-0.2, 0) is 25.5 Å². The van der Waals surface area contributed by atoms with Crippen molar-refractivity contribution in [3.8, 4) is 0 Å². The summed E-state index contributed by atoms with van der Waals surface area (Å²) in [7, 11) is 0. The Morgan fingerprint density at radius 3 is 2.18 bits per heavy atom. The van der Waals surface area contributed by atoms with Crippen molar-refractivity contribution in [2.45, 2.75) is 31.6 Å². The number of hydrogen-bond donors (Lipinski definition) is 1. The first-order valence-corrected chi connectivity index (χ1v) is 15.3. The van der Waals surface area contributed by atoms with Gasteiger partial charge in [-0.25, -0.2) is 4.79 Å². The maximum Gasteiger partial charge on any atom is 0.336 e. The van der Waals surface area contributed by atoms with Crippen LogP contribution in [0.15, 0.2) is 126 Å². The van der Waals surface area contributed by atoms with Crippen molar-refractivity contribution in [2.75, 3.05) is 19.8 Å². The highest BCUT2D eigenvalue weighted by atomic mass is 35.5. The van der Waals surface area contributed by atoms with E-state index in [0.717, 1.165) is 16.7 Å². The molecule has 0 amide bonds. The second kappa shape index (κ2) is 15.4.